The van der Waals surface area contributed by atoms with Gasteiger partial charge in [-0.15, -0.1) is 0 Å². The van der Waals surface area contributed by atoms with Gasteiger partial charge in [-0.1, -0.05) is 73.7 Å². The van der Waals surface area contributed by atoms with Gasteiger partial charge in [-0.3, -0.25) is 9.69 Å². The van der Waals surface area contributed by atoms with Gasteiger partial charge in [0.1, 0.15) is 11.3 Å². The van der Waals surface area contributed by atoms with Gasteiger partial charge in [-0.05, 0) is 55.4 Å². The number of carbonyl (C=O) groups excluding carboxylic acids is 1. The molecule has 5 nitrogen and oxygen atoms in total. The molecule has 0 bridgehead atoms. The number of fused-ring (bicyclic) bond motifs is 1. The van der Waals surface area contributed by atoms with E-state index >= 15 is 0 Å². The van der Waals surface area contributed by atoms with Gasteiger partial charge in [0.15, 0.2) is 5.13 Å². The Morgan fingerprint density at radius 2 is 1.56 bits per heavy atom. The standard InChI is InChI=1S/C28H31N3O2S/c1-4-30(5-2)19-20-31(28-29-26-24(33-6-3)13-10-14-25(26)34-28)27(32)23-17-15-22(16-18-23)21-11-8-7-9-12-21/h7-18H,4-6,19-20H2,1-3H3. The maximum atomic E-state index is 13.7. The number of nitrogens with zero attached hydrogens (tertiary/aromatic N) is 3. The van der Waals surface area contributed by atoms with Crippen LogP contribution in [0.2, 0.25) is 0 Å². The number of rotatable bonds is 10. The minimum absolute atomic E-state index is 0.0382. The lowest BCUT2D eigenvalue weighted by Gasteiger charge is -2.24. The van der Waals surface area contributed by atoms with Crippen molar-refractivity contribution >= 4 is 32.6 Å². The van der Waals surface area contributed by atoms with E-state index in [1.807, 2.05) is 72.5 Å². The van der Waals surface area contributed by atoms with Crippen molar-refractivity contribution in [3.05, 3.63) is 78.4 Å². The Hall–Kier alpha value is -3.22. The van der Waals surface area contributed by atoms with Crippen molar-refractivity contribution in [2.45, 2.75) is 20.8 Å². The Bertz CT molecular complexity index is 1220. The molecule has 1 aromatic heterocycles. The molecule has 1 heterocycles. The summed E-state index contributed by atoms with van der Waals surface area (Å²) in [5.41, 5.74) is 3.69. The fraction of sp³-hybridized carbons (Fsp3) is 0.286. The number of ether oxygens (including phenoxy) is 1. The Morgan fingerprint density at radius 1 is 0.853 bits per heavy atom. The van der Waals surface area contributed by atoms with E-state index in [1.54, 1.807) is 0 Å². The highest BCUT2D eigenvalue weighted by molar-refractivity contribution is 7.22. The van der Waals surface area contributed by atoms with Crippen molar-refractivity contribution in [1.29, 1.82) is 0 Å². The van der Waals surface area contributed by atoms with Gasteiger partial charge in [0.25, 0.3) is 5.91 Å². The molecular weight excluding hydrogens is 442 g/mol. The minimum atomic E-state index is -0.0382. The fourth-order valence-corrected chi connectivity index (χ4v) is 4.96. The van der Waals surface area contributed by atoms with Crippen LogP contribution < -0.4 is 9.64 Å². The molecule has 0 saturated carbocycles. The summed E-state index contributed by atoms with van der Waals surface area (Å²) in [6.45, 7) is 10.1. The molecule has 4 rings (SSSR count). The van der Waals surface area contributed by atoms with E-state index in [9.17, 15) is 4.79 Å². The monoisotopic (exact) mass is 473 g/mol. The number of para-hydroxylation sites is 1. The number of hydrogen-bond donors (Lipinski definition) is 0. The van der Waals surface area contributed by atoms with Crippen LogP contribution >= 0.6 is 11.3 Å². The lowest BCUT2D eigenvalue weighted by atomic mass is 10.0. The van der Waals surface area contributed by atoms with Crippen LogP contribution in [0, 0.1) is 0 Å². The van der Waals surface area contributed by atoms with Crippen LogP contribution in [0.1, 0.15) is 31.1 Å². The van der Waals surface area contributed by atoms with Gasteiger partial charge in [0, 0.05) is 18.7 Å². The summed E-state index contributed by atoms with van der Waals surface area (Å²) in [6.07, 6.45) is 0. The number of likely N-dealkylation sites (N-methyl/N-ethyl adjacent to an activating group) is 1. The quantitative estimate of drug-likeness (QED) is 0.269. The third kappa shape index (κ3) is 5.29. The lowest BCUT2D eigenvalue weighted by Crippen LogP contribution is -2.38. The zero-order chi connectivity index (χ0) is 23.9. The highest BCUT2D eigenvalue weighted by Crippen LogP contribution is 2.35. The van der Waals surface area contributed by atoms with Crippen molar-refractivity contribution in [3.63, 3.8) is 0 Å². The van der Waals surface area contributed by atoms with Crippen LogP contribution in [-0.4, -0.2) is 48.6 Å². The second-order valence-corrected chi connectivity index (χ2v) is 8.97. The highest BCUT2D eigenvalue weighted by Gasteiger charge is 2.23. The molecule has 0 atom stereocenters. The van der Waals surface area contributed by atoms with Crippen LogP contribution in [0.4, 0.5) is 5.13 Å². The van der Waals surface area contributed by atoms with Crippen LogP contribution in [0.3, 0.4) is 0 Å². The molecule has 4 aromatic rings. The number of carbonyl (C=O) groups is 1. The molecule has 3 aromatic carbocycles. The fourth-order valence-electron chi connectivity index (χ4n) is 3.96. The van der Waals surface area contributed by atoms with E-state index in [-0.39, 0.29) is 5.91 Å². The molecule has 34 heavy (non-hydrogen) atoms. The molecule has 176 valence electrons. The molecule has 0 spiro atoms. The van der Waals surface area contributed by atoms with Gasteiger partial charge in [-0.2, -0.15) is 0 Å². The Labute approximate surface area is 205 Å². The van der Waals surface area contributed by atoms with E-state index < -0.39 is 0 Å². The maximum Gasteiger partial charge on any atom is 0.260 e. The molecule has 0 radical (unpaired) electrons. The number of hydrogen-bond acceptors (Lipinski definition) is 5. The average Bonchev–Trinajstić information content (AvgIpc) is 3.32. The molecule has 0 saturated heterocycles. The zero-order valence-electron chi connectivity index (χ0n) is 20.0. The van der Waals surface area contributed by atoms with Crippen molar-refractivity contribution in [3.8, 4) is 16.9 Å². The first-order chi connectivity index (χ1) is 16.6. The van der Waals surface area contributed by atoms with Crippen molar-refractivity contribution in [1.82, 2.24) is 9.88 Å². The number of anilines is 1. The average molecular weight is 474 g/mol. The van der Waals surface area contributed by atoms with Gasteiger partial charge in [0.2, 0.25) is 0 Å². The van der Waals surface area contributed by atoms with E-state index in [1.165, 1.54) is 11.3 Å². The third-order valence-electron chi connectivity index (χ3n) is 5.92. The van der Waals surface area contributed by atoms with E-state index in [4.69, 9.17) is 9.72 Å². The van der Waals surface area contributed by atoms with Gasteiger partial charge < -0.3 is 9.64 Å². The zero-order valence-corrected chi connectivity index (χ0v) is 20.8. The second-order valence-electron chi connectivity index (χ2n) is 7.96. The summed E-state index contributed by atoms with van der Waals surface area (Å²) in [7, 11) is 0. The van der Waals surface area contributed by atoms with Crippen LogP contribution in [0.15, 0.2) is 72.8 Å². The summed E-state index contributed by atoms with van der Waals surface area (Å²) in [5, 5.41) is 0.700. The first kappa shape index (κ1) is 23.9. The van der Waals surface area contributed by atoms with E-state index in [2.05, 4.69) is 30.9 Å². The predicted octanol–water partition coefficient (Wildman–Crippen LogP) is 6.35. The third-order valence-corrected chi connectivity index (χ3v) is 6.96. The summed E-state index contributed by atoms with van der Waals surface area (Å²) in [5.74, 6) is 0.717. The SMILES string of the molecule is CCOc1cccc2sc(N(CCN(CC)CC)C(=O)c3ccc(-c4ccccc4)cc3)nc12. The molecule has 0 unspecified atom stereocenters. The number of amides is 1. The largest absolute Gasteiger partial charge is 0.492 e. The molecule has 0 fully saturated rings. The summed E-state index contributed by atoms with van der Waals surface area (Å²) >= 11 is 1.53. The highest BCUT2D eigenvalue weighted by atomic mass is 32.1. The molecule has 0 aliphatic heterocycles. The van der Waals surface area contributed by atoms with Crippen molar-refractivity contribution < 1.29 is 9.53 Å². The van der Waals surface area contributed by atoms with Crippen LogP contribution in [-0.2, 0) is 0 Å². The number of thiazole rings is 1. The predicted molar refractivity (Wildman–Crippen MR) is 142 cm³/mol. The Balaban J connectivity index is 1.66. The smallest absolute Gasteiger partial charge is 0.260 e. The van der Waals surface area contributed by atoms with Crippen molar-refractivity contribution in [2.24, 2.45) is 0 Å². The second kappa shape index (κ2) is 11.3. The normalized spacial score (nSPS) is 11.2. The first-order valence-corrected chi connectivity index (χ1v) is 12.7. The minimum Gasteiger partial charge on any atom is -0.492 e. The molecule has 1 amide bonds. The topological polar surface area (TPSA) is 45.7 Å². The van der Waals surface area contributed by atoms with Crippen LogP contribution in [0.25, 0.3) is 21.3 Å². The molecule has 0 N–H and O–H groups in total. The van der Waals surface area contributed by atoms with Crippen molar-refractivity contribution in [2.75, 3.05) is 37.7 Å². The van der Waals surface area contributed by atoms with Gasteiger partial charge in [0.05, 0.1) is 11.3 Å². The van der Waals surface area contributed by atoms with Crippen LogP contribution in [0.5, 0.6) is 5.75 Å². The molecule has 6 heteroatoms. The number of aromatic nitrogens is 1. The van der Waals surface area contributed by atoms with E-state index in [0.29, 0.717) is 23.8 Å². The van der Waals surface area contributed by atoms with E-state index in [0.717, 1.165) is 46.7 Å². The molecular formula is C28H31N3O2S. The first-order valence-electron chi connectivity index (χ1n) is 11.9. The maximum absolute atomic E-state index is 13.7. The molecule has 0 aliphatic carbocycles. The summed E-state index contributed by atoms with van der Waals surface area (Å²) in [6, 6.07) is 24.0. The summed E-state index contributed by atoms with van der Waals surface area (Å²) < 4.78 is 6.79. The Kier molecular flexibility index (Phi) is 7.93. The lowest BCUT2D eigenvalue weighted by molar-refractivity contribution is 0.0984. The number of benzene rings is 3. The Morgan fingerprint density at radius 3 is 2.24 bits per heavy atom. The van der Waals surface area contributed by atoms with Gasteiger partial charge >= 0.3 is 0 Å². The molecule has 0 aliphatic rings. The van der Waals surface area contributed by atoms with Gasteiger partial charge in [-0.25, -0.2) is 4.98 Å². The summed E-state index contributed by atoms with van der Waals surface area (Å²) in [4.78, 5) is 22.7.